The summed E-state index contributed by atoms with van der Waals surface area (Å²) in [7, 11) is 0. The number of aldehydes is 1. The van der Waals surface area contributed by atoms with Gasteiger partial charge in [0.25, 0.3) is 11.8 Å². The fourth-order valence-electron chi connectivity index (χ4n) is 3.22. The summed E-state index contributed by atoms with van der Waals surface area (Å²) >= 11 is 0. The SMILES string of the molecule is CC(C[C@@H](C=O)Cc1ccc(O)c(NC(O)CCCN2C(=O)C=CC2=O)c1)C(=O)O. The second-order valence-electron chi connectivity index (χ2n) is 7.39. The number of nitrogens with one attached hydrogen (secondary N) is 1. The van der Waals surface area contributed by atoms with Crippen LogP contribution in [-0.2, 0) is 25.6 Å². The minimum absolute atomic E-state index is 0.0894. The number of hydrogen-bond donors (Lipinski definition) is 4. The van der Waals surface area contributed by atoms with Gasteiger partial charge in [0.05, 0.1) is 11.6 Å². The van der Waals surface area contributed by atoms with Crippen LogP contribution in [0.25, 0.3) is 0 Å². The normalized spacial score (nSPS) is 16.4. The Hall–Kier alpha value is -3.20. The molecule has 0 fully saturated rings. The number of carboxylic acids is 1. The molecule has 2 unspecified atom stereocenters. The van der Waals surface area contributed by atoms with Gasteiger partial charge in [-0.25, -0.2) is 0 Å². The fraction of sp³-hybridized carbons (Fsp3) is 0.429. The van der Waals surface area contributed by atoms with E-state index in [9.17, 15) is 29.4 Å². The second kappa shape index (κ2) is 10.5. The first-order valence-corrected chi connectivity index (χ1v) is 9.69. The Morgan fingerprint density at radius 1 is 1.23 bits per heavy atom. The number of benzene rings is 1. The predicted octanol–water partition coefficient (Wildman–Crippen LogP) is 1.30. The molecule has 162 valence electrons. The van der Waals surface area contributed by atoms with E-state index in [1.165, 1.54) is 18.2 Å². The summed E-state index contributed by atoms with van der Waals surface area (Å²) in [4.78, 5) is 46.4. The standard InChI is InChI=1S/C21H26N2O7/c1-13(21(29)30)9-15(12-24)10-14-4-5-17(25)16(11-14)22-18(26)3-2-8-23-19(27)6-7-20(23)28/h4-7,11-13,15,18,22,25-26H,2-3,8-10H2,1H3,(H,29,30)/t13?,15-,18?/m1/s1. The Morgan fingerprint density at radius 3 is 2.50 bits per heavy atom. The minimum atomic E-state index is -1.03. The van der Waals surface area contributed by atoms with Crippen molar-refractivity contribution < 1.29 is 34.5 Å². The van der Waals surface area contributed by atoms with E-state index in [2.05, 4.69) is 5.32 Å². The van der Waals surface area contributed by atoms with Crippen LogP contribution in [0.15, 0.2) is 30.4 Å². The molecule has 9 heteroatoms. The molecule has 1 aliphatic rings. The van der Waals surface area contributed by atoms with Gasteiger partial charge in [0.1, 0.15) is 18.3 Å². The van der Waals surface area contributed by atoms with E-state index in [0.29, 0.717) is 18.4 Å². The quantitative estimate of drug-likeness (QED) is 0.172. The lowest BCUT2D eigenvalue weighted by molar-refractivity contribution is -0.142. The highest BCUT2D eigenvalue weighted by molar-refractivity contribution is 6.12. The lowest BCUT2D eigenvalue weighted by atomic mass is 9.91. The molecule has 0 saturated heterocycles. The Balaban J connectivity index is 1.90. The van der Waals surface area contributed by atoms with Crippen LogP contribution >= 0.6 is 0 Å². The molecule has 0 saturated carbocycles. The molecular weight excluding hydrogens is 392 g/mol. The van der Waals surface area contributed by atoms with Gasteiger partial charge in [-0.3, -0.25) is 19.3 Å². The van der Waals surface area contributed by atoms with E-state index in [1.54, 1.807) is 19.1 Å². The summed E-state index contributed by atoms with van der Waals surface area (Å²) in [6.07, 6.45) is 3.20. The number of aliphatic hydroxyl groups excluding tert-OH is 1. The second-order valence-corrected chi connectivity index (χ2v) is 7.39. The Morgan fingerprint density at radius 2 is 1.90 bits per heavy atom. The first kappa shape index (κ1) is 23.1. The highest BCUT2D eigenvalue weighted by Crippen LogP contribution is 2.27. The van der Waals surface area contributed by atoms with Gasteiger partial charge in [-0.15, -0.1) is 0 Å². The van der Waals surface area contributed by atoms with Gasteiger partial charge in [-0.2, -0.15) is 0 Å². The molecule has 0 spiro atoms. The molecule has 2 amide bonds. The van der Waals surface area contributed by atoms with E-state index >= 15 is 0 Å². The molecule has 1 aromatic rings. The zero-order chi connectivity index (χ0) is 22.3. The molecule has 30 heavy (non-hydrogen) atoms. The zero-order valence-corrected chi connectivity index (χ0v) is 16.7. The van der Waals surface area contributed by atoms with Crippen LogP contribution < -0.4 is 5.32 Å². The van der Waals surface area contributed by atoms with Crippen molar-refractivity contribution in [3.63, 3.8) is 0 Å². The average molecular weight is 418 g/mol. The maximum Gasteiger partial charge on any atom is 0.306 e. The van der Waals surface area contributed by atoms with Gasteiger partial charge in [0.15, 0.2) is 0 Å². The molecule has 3 atom stereocenters. The molecular formula is C21H26N2O7. The Kier molecular flexibility index (Phi) is 8.11. The molecule has 4 N–H and O–H groups in total. The molecule has 1 aliphatic heterocycles. The number of aliphatic hydroxyl groups is 1. The van der Waals surface area contributed by atoms with Crippen LogP contribution in [0.2, 0.25) is 0 Å². The van der Waals surface area contributed by atoms with E-state index in [4.69, 9.17) is 5.11 Å². The molecule has 2 rings (SSSR count). The van der Waals surface area contributed by atoms with Crippen molar-refractivity contribution in [1.82, 2.24) is 4.90 Å². The Labute approximate surface area is 174 Å². The van der Waals surface area contributed by atoms with E-state index < -0.39 is 24.0 Å². The number of carboxylic acid groups (broad SMARTS) is 1. The van der Waals surface area contributed by atoms with Gasteiger partial charge < -0.3 is 25.4 Å². The fourth-order valence-corrected chi connectivity index (χ4v) is 3.22. The van der Waals surface area contributed by atoms with E-state index in [-0.39, 0.29) is 42.6 Å². The summed E-state index contributed by atoms with van der Waals surface area (Å²) < 4.78 is 0. The number of carbonyl (C=O) groups is 4. The maximum atomic E-state index is 11.5. The molecule has 0 radical (unpaired) electrons. The van der Waals surface area contributed by atoms with E-state index in [1.807, 2.05) is 0 Å². The number of carbonyl (C=O) groups excluding carboxylic acids is 3. The number of rotatable bonds is 12. The summed E-state index contributed by atoms with van der Waals surface area (Å²) in [5, 5.41) is 32.0. The molecule has 0 aromatic heterocycles. The molecule has 1 heterocycles. The van der Waals surface area contributed by atoms with Gasteiger partial charge in [0.2, 0.25) is 0 Å². The molecule has 1 aromatic carbocycles. The topological polar surface area (TPSA) is 144 Å². The van der Waals surface area contributed by atoms with Crippen molar-refractivity contribution >= 4 is 29.8 Å². The summed E-state index contributed by atoms with van der Waals surface area (Å²) in [5.41, 5.74) is 0.974. The van der Waals surface area contributed by atoms with Crippen molar-refractivity contribution in [2.45, 2.75) is 38.8 Å². The number of hydrogen-bond acceptors (Lipinski definition) is 7. The molecule has 0 bridgehead atoms. The molecule has 9 nitrogen and oxygen atoms in total. The third-order valence-corrected chi connectivity index (χ3v) is 4.91. The highest BCUT2D eigenvalue weighted by atomic mass is 16.4. The maximum absolute atomic E-state index is 11.5. The van der Waals surface area contributed by atoms with Crippen molar-refractivity contribution in [2.24, 2.45) is 11.8 Å². The van der Waals surface area contributed by atoms with Crippen molar-refractivity contribution in [2.75, 3.05) is 11.9 Å². The summed E-state index contributed by atoms with van der Waals surface area (Å²) in [6.45, 7) is 1.72. The van der Waals surface area contributed by atoms with Crippen LogP contribution in [0, 0.1) is 11.8 Å². The predicted molar refractivity (Wildman–Crippen MR) is 108 cm³/mol. The van der Waals surface area contributed by atoms with Crippen molar-refractivity contribution in [3.05, 3.63) is 35.9 Å². The monoisotopic (exact) mass is 418 g/mol. The van der Waals surface area contributed by atoms with Crippen LogP contribution in [0.4, 0.5) is 5.69 Å². The summed E-state index contributed by atoms with van der Waals surface area (Å²) in [6, 6.07) is 4.66. The number of aromatic hydroxyl groups is 1. The van der Waals surface area contributed by atoms with E-state index in [0.717, 1.165) is 11.2 Å². The lowest BCUT2D eigenvalue weighted by Crippen LogP contribution is -2.32. The number of phenols is 1. The average Bonchev–Trinajstić information content (AvgIpc) is 3.01. The van der Waals surface area contributed by atoms with Crippen LogP contribution in [0.5, 0.6) is 5.75 Å². The number of imide groups is 1. The first-order chi connectivity index (χ1) is 14.2. The van der Waals surface area contributed by atoms with Crippen LogP contribution in [0.3, 0.4) is 0 Å². The van der Waals surface area contributed by atoms with Gasteiger partial charge in [0, 0.05) is 24.6 Å². The van der Waals surface area contributed by atoms with Gasteiger partial charge in [-0.1, -0.05) is 13.0 Å². The third kappa shape index (κ3) is 6.41. The van der Waals surface area contributed by atoms with Crippen molar-refractivity contribution in [3.8, 4) is 5.75 Å². The lowest BCUT2D eigenvalue weighted by Gasteiger charge is -2.19. The minimum Gasteiger partial charge on any atom is -0.506 e. The largest absolute Gasteiger partial charge is 0.506 e. The molecule has 0 aliphatic carbocycles. The Bertz CT molecular complexity index is 819. The number of aliphatic carboxylic acids is 1. The number of phenolic OH excluding ortho intramolecular Hbond substituents is 1. The first-order valence-electron chi connectivity index (χ1n) is 9.69. The smallest absolute Gasteiger partial charge is 0.306 e. The van der Waals surface area contributed by atoms with Gasteiger partial charge >= 0.3 is 5.97 Å². The number of anilines is 1. The highest BCUT2D eigenvalue weighted by Gasteiger charge is 2.23. The number of nitrogens with zero attached hydrogens (tertiary/aromatic N) is 1. The van der Waals surface area contributed by atoms with Crippen LogP contribution in [0.1, 0.15) is 31.7 Å². The third-order valence-electron chi connectivity index (χ3n) is 4.91. The number of amides is 2. The zero-order valence-electron chi connectivity index (χ0n) is 16.7. The van der Waals surface area contributed by atoms with Crippen molar-refractivity contribution in [1.29, 1.82) is 0 Å². The van der Waals surface area contributed by atoms with Crippen LogP contribution in [-0.4, -0.2) is 57.1 Å². The summed E-state index contributed by atoms with van der Waals surface area (Å²) in [5.74, 6) is -2.95. The van der Waals surface area contributed by atoms with Gasteiger partial charge in [-0.05, 0) is 43.4 Å².